The lowest BCUT2D eigenvalue weighted by molar-refractivity contribution is 0.174. The first-order valence-corrected chi connectivity index (χ1v) is 6.13. The fourth-order valence-electron chi connectivity index (χ4n) is 2.06. The number of nitriles is 1. The Hall–Kier alpha value is -2.74. The van der Waals surface area contributed by atoms with Gasteiger partial charge in [-0.25, -0.2) is 4.98 Å². The molecule has 0 spiro atoms. The Labute approximate surface area is 116 Å². The Morgan fingerprint density at radius 3 is 2.80 bits per heavy atom. The molecule has 0 radical (unpaired) electrons. The molecule has 5 heteroatoms. The maximum Gasteiger partial charge on any atom is 0.237 e. The third-order valence-corrected chi connectivity index (χ3v) is 2.98. The molecule has 0 unspecified atom stereocenters. The molecular weight excluding hydrogens is 256 g/mol. The number of ether oxygens (including phenoxy) is 3. The first-order valence-electron chi connectivity index (χ1n) is 6.13. The van der Waals surface area contributed by atoms with Crippen LogP contribution >= 0.6 is 0 Å². The third kappa shape index (κ3) is 2.12. The molecule has 1 aromatic heterocycles. The molecule has 100 valence electrons. The highest BCUT2D eigenvalue weighted by Gasteiger charge is 2.16. The van der Waals surface area contributed by atoms with Crippen molar-refractivity contribution in [2.75, 3.05) is 6.79 Å². The van der Waals surface area contributed by atoms with Crippen molar-refractivity contribution in [3.05, 3.63) is 41.1 Å². The van der Waals surface area contributed by atoms with Crippen molar-refractivity contribution in [2.45, 2.75) is 13.8 Å². The van der Waals surface area contributed by atoms with Crippen LogP contribution in [0.15, 0.2) is 24.3 Å². The number of fused-ring (bicyclic) bond motifs is 1. The molecule has 5 nitrogen and oxygen atoms in total. The summed E-state index contributed by atoms with van der Waals surface area (Å²) in [6.07, 6.45) is 0. The largest absolute Gasteiger partial charge is 0.454 e. The SMILES string of the molecule is Cc1cc(C)c(C#N)c(Oc2ccc3c(c2)OCO3)n1. The molecule has 0 saturated carbocycles. The smallest absolute Gasteiger partial charge is 0.237 e. The van der Waals surface area contributed by atoms with Gasteiger partial charge in [0.2, 0.25) is 12.7 Å². The van der Waals surface area contributed by atoms with E-state index in [1.54, 1.807) is 18.2 Å². The van der Waals surface area contributed by atoms with Crippen molar-refractivity contribution >= 4 is 0 Å². The van der Waals surface area contributed by atoms with Gasteiger partial charge in [0.15, 0.2) is 11.5 Å². The standard InChI is InChI=1S/C15H12N2O3/c1-9-5-10(2)17-15(12(9)7-16)20-11-3-4-13-14(6-11)19-8-18-13/h3-6H,8H2,1-2H3. The summed E-state index contributed by atoms with van der Waals surface area (Å²) in [4.78, 5) is 4.28. The van der Waals surface area contributed by atoms with E-state index in [2.05, 4.69) is 11.1 Å². The van der Waals surface area contributed by atoms with Gasteiger partial charge in [0.1, 0.15) is 17.4 Å². The zero-order valence-electron chi connectivity index (χ0n) is 11.1. The summed E-state index contributed by atoms with van der Waals surface area (Å²) in [5.41, 5.74) is 2.08. The summed E-state index contributed by atoms with van der Waals surface area (Å²) in [6.45, 7) is 3.93. The predicted octanol–water partition coefficient (Wildman–Crippen LogP) is 3.09. The van der Waals surface area contributed by atoms with E-state index in [1.807, 2.05) is 19.9 Å². The molecular formula is C15H12N2O3. The van der Waals surface area contributed by atoms with Gasteiger partial charge in [0, 0.05) is 11.8 Å². The van der Waals surface area contributed by atoms with E-state index in [1.165, 1.54) is 0 Å². The molecule has 1 aliphatic heterocycles. The van der Waals surface area contributed by atoms with E-state index in [4.69, 9.17) is 14.2 Å². The Kier molecular flexibility index (Phi) is 2.92. The molecule has 3 rings (SSSR count). The van der Waals surface area contributed by atoms with Gasteiger partial charge in [-0.3, -0.25) is 0 Å². The average molecular weight is 268 g/mol. The first-order chi connectivity index (χ1) is 9.67. The number of aromatic nitrogens is 1. The topological polar surface area (TPSA) is 64.4 Å². The molecule has 0 bridgehead atoms. The average Bonchev–Trinajstić information content (AvgIpc) is 2.85. The highest BCUT2D eigenvalue weighted by atomic mass is 16.7. The summed E-state index contributed by atoms with van der Waals surface area (Å²) in [6, 6.07) is 9.23. The van der Waals surface area contributed by atoms with Crippen molar-refractivity contribution in [2.24, 2.45) is 0 Å². The number of hydrogen-bond acceptors (Lipinski definition) is 5. The van der Waals surface area contributed by atoms with E-state index in [0.29, 0.717) is 28.7 Å². The van der Waals surface area contributed by atoms with Crippen LogP contribution < -0.4 is 14.2 Å². The van der Waals surface area contributed by atoms with Crippen LogP contribution in [0.3, 0.4) is 0 Å². The van der Waals surface area contributed by atoms with Gasteiger partial charge in [-0.1, -0.05) is 0 Å². The lowest BCUT2D eigenvalue weighted by Gasteiger charge is -2.09. The fourth-order valence-corrected chi connectivity index (χ4v) is 2.06. The van der Waals surface area contributed by atoms with E-state index in [9.17, 15) is 5.26 Å². The molecule has 1 aromatic carbocycles. The maximum absolute atomic E-state index is 9.21. The summed E-state index contributed by atoms with van der Waals surface area (Å²) in [5, 5.41) is 9.21. The molecule has 2 heterocycles. The quantitative estimate of drug-likeness (QED) is 0.837. The van der Waals surface area contributed by atoms with Crippen molar-refractivity contribution in [1.82, 2.24) is 4.98 Å². The number of nitrogens with zero attached hydrogens (tertiary/aromatic N) is 2. The molecule has 0 fully saturated rings. The Morgan fingerprint density at radius 2 is 2.00 bits per heavy atom. The summed E-state index contributed by atoms with van der Waals surface area (Å²) < 4.78 is 16.3. The van der Waals surface area contributed by atoms with Gasteiger partial charge < -0.3 is 14.2 Å². The minimum absolute atomic E-state index is 0.212. The Balaban J connectivity index is 1.97. The van der Waals surface area contributed by atoms with Crippen molar-refractivity contribution in [3.8, 4) is 29.2 Å². The van der Waals surface area contributed by atoms with Crippen molar-refractivity contribution < 1.29 is 14.2 Å². The highest BCUT2D eigenvalue weighted by molar-refractivity contribution is 5.50. The van der Waals surface area contributed by atoms with Crippen LogP contribution in [0.4, 0.5) is 0 Å². The summed E-state index contributed by atoms with van der Waals surface area (Å²) in [7, 11) is 0. The molecule has 2 aromatic rings. The van der Waals surface area contributed by atoms with Crippen LogP contribution in [0.5, 0.6) is 23.1 Å². The maximum atomic E-state index is 9.21. The van der Waals surface area contributed by atoms with Crippen molar-refractivity contribution in [1.29, 1.82) is 5.26 Å². The zero-order valence-corrected chi connectivity index (χ0v) is 11.1. The molecule has 0 atom stereocenters. The summed E-state index contributed by atoms with van der Waals surface area (Å²) in [5.74, 6) is 2.18. The molecule has 0 aliphatic carbocycles. The minimum Gasteiger partial charge on any atom is -0.454 e. The van der Waals surface area contributed by atoms with Crippen LogP contribution in [0.25, 0.3) is 0 Å². The fraction of sp³-hybridized carbons (Fsp3) is 0.200. The zero-order chi connectivity index (χ0) is 14.1. The van der Waals surface area contributed by atoms with Gasteiger partial charge in [0.25, 0.3) is 0 Å². The normalized spacial score (nSPS) is 12.1. The van der Waals surface area contributed by atoms with E-state index in [0.717, 1.165) is 11.3 Å². The van der Waals surface area contributed by atoms with Crippen LogP contribution in [0, 0.1) is 25.2 Å². The number of aryl methyl sites for hydroxylation is 2. The molecule has 0 saturated heterocycles. The number of rotatable bonds is 2. The lowest BCUT2D eigenvalue weighted by Crippen LogP contribution is -1.97. The molecule has 20 heavy (non-hydrogen) atoms. The van der Waals surface area contributed by atoms with Crippen molar-refractivity contribution in [3.63, 3.8) is 0 Å². The van der Waals surface area contributed by atoms with Crippen LogP contribution in [-0.2, 0) is 0 Å². The van der Waals surface area contributed by atoms with Gasteiger partial charge in [-0.05, 0) is 37.6 Å². The second-order valence-corrected chi connectivity index (χ2v) is 4.49. The Morgan fingerprint density at radius 1 is 1.20 bits per heavy atom. The predicted molar refractivity (Wildman–Crippen MR) is 71.1 cm³/mol. The van der Waals surface area contributed by atoms with E-state index in [-0.39, 0.29) is 6.79 Å². The van der Waals surface area contributed by atoms with Gasteiger partial charge in [-0.15, -0.1) is 0 Å². The number of hydrogen-bond donors (Lipinski definition) is 0. The second kappa shape index (κ2) is 4.74. The molecule has 1 aliphatic rings. The van der Waals surface area contributed by atoms with Crippen LogP contribution in [-0.4, -0.2) is 11.8 Å². The first kappa shape index (κ1) is 12.3. The molecule has 0 N–H and O–H groups in total. The number of pyridine rings is 1. The van der Waals surface area contributed by atoms with Crippen LogP contribution in [0.1, 0.15) is 16.8 Å². The Bertz CT molecular complexity index is 720. The van der Waals surface area contributed by atoms with E-state index < -0.39 is 0 Å². The minimum atomic E-state index is 0.212. The second-order valence-electron chi connectivity index (χ2n) is 4.49. The van der Waals surface area contributed by atoms with Gasteiger partial charge >= 0.3 is 0 Å². The lowest BCUT2D eigenvalue weighted by atomic mass is 10.1. The van der Waals surface area contributed by atoms with Gasteiger partial charge in [-0.2, -0.15) is 5.26 Å². The van der Waals surface area contributed by atoms with Crippen LogP contribution in [0.2, 0.25) is 0 Å². The van der Waals surface area contributed by atoms with Gasteiger partial charge in [0.05, 0.1) is 0 Å². The monoisotopic (exact) mass is 268 g/mol. The summed E-state index contributed by atoms with van der Waals surface area (Å²) >= 11 is 0. The van der Waals surface area contributed by atoms with E-state index >= 15 is 0 Å². The number of benzene rings is 1. The highest BCUT2D eigenvalue weighted by Crippen LogP contribution is 2.37. The molecule has 0 amide bonds. The third-order valence-electron chi connectivity index (χ3n) is 2.98.